The molecule has 0 unspecified atom stereocenters. The first kappa shape index (κ1) is 15.3. The Labute approximate surface area is 114 Å². The molecule has 0 aliphatic rings. The van der Waals surface area contributed by atoms with Crippen LogP contribution in [-0.2, 0) is 4.79 Å². The summed E-state index contributed by atoms with van der Waals surface area (Å²) in [5.41, 5.74) is 3.51. The van der Waals surface area contributed by atoms with Gasteiger partial charge in [-0.15, -0.1) is 0 Å². The predicted octanol–water partition coefficient (Wildman–Crippen LogP) is 0.476. The normalized spacial score (nSPS) is 10.7. The summed E-state index contributed by atoms with van der Waals surface area (Å²) in [5.74, 6) is -2.30. The number of primary amides is 1. The predicted molar refractivity (Wildman–Crippen MR) is 70.5 cm³/mol. The van der Waals surface area contributed by atoms with E-state index in [1.165, 1.54) is 26.0 Å². The van der Waals surface area contributed by atoms with E-state index in [0.29, 0.717) is 0 Å². The monoisotopic (exact) mass is 281 g/mol. The first-order chi connectivity index (χ1) is 9.13. The van der Waals surface area contributed by atoms with Crippen LogP contribution in [0.15, 0.2) is 18.2 Å². The van der Waals surface area contributed by atoms with E-state index < -0.39 is 23.4 Å². The van der Waals surface area contributed by atoms with Crippen LogP contribution < -0.4 is 16.4 Å². The second-order valence-corrected chi connectivity index (χ2v) is 4.60. The lowest BCUT2D eigenvalue weighted by Crippen LogP contribution is -2.54. The summed E-state index contributed by atoms with van der Waals surface area (Å²) in [4.78, 5) is 33.8. The van der Waals surface area contributed by atoms with Crippen LogP contribution in [0.5, 0.6) is 5.75 Å². The van der Waals surface area contributed by atoms with Crippen molar-refractivity contribution in [1.82, 2.24) is 5.32 Å². The molecule has 0 heterocycles. The number of nitrogens with two attached hydrogens (primary N) is 1. The molecule has 1 aromatic rings. The van der Waals surface area contributed by atoms with Crippen molar-refractivity contribution in [3.05, 3.63) is 23.8 Å². The van der Waals surface area contributed by atoms with Gasteiger partial charge in [-0.3, -0.25) is 4.79 Å². The highest BCUT2D eigenvalue weighted by Crippen LogP contribution is 2.21. The maximum absolute atomic E-state index is 11.7. The number of amides is 3. The Bertz CT molecular complexity index is 568. The maximum Gasteiger partial charge on any atom is 0.337 e. The van der Waals surface area contributed by atoms with Gasteiger partial charge in [0.15, 0.2) is 0 Å². The Kier molecular flexibility index (Phi) is 4.18. The molecule has 3 amide bonds. The maximum atomic E-state index is 11.7. The third kappa shape index (κ3) is 3.61. The minimum absolute atomic E-state index is 0.0203. The molecule has 0 saturated heterocycles. The van der Waals surface area contributed by atoms with Crippen LogP contribution in [-0.4, -0.2) is 33.7 Å². The van der Waals surface area contributed by atoms with Gasteiger partial charge in [0.1, 0.15) is 11.3 Å². The molecule has 0 aliphatic heterocycles. The van der Waals surface area contributed by atoms with Gasteiger partial charge in [0, 0.05) is 0 Å². The molecule has 0 radical (unpaired) electrons. The highest BCUT2D eigenvalue weighted by molar-refractivity contribution is 6.01. The number of carboxylic acids is 1. The minimum Gasteiger partial charge on any atom is -0.508 e. The van der Waals surface area contributed by atoms with Gasteiger partial charge in [-0.25, -0.2) is 9.59 Å². The third-order valence-electron chi connectivity index (χ3n) is 2.52. The number of phenols is 1. The number of carbonyl (C=O) groups is 3. The van der Waals surface area contributed by atoms with Crippen molar-refractivity contribution < 1.29 is 24.6 Å². The van der Waals surface area contributed by atoms with E-state index in [0.717, 1.165) is 6.07 Å². The molecule has 6 N–H and O–H groups in total. The van der Waals surface area contributed by atoms with Gasteiger partial charge >= 0.3 is 12.0 Å². The first-order valence-corrected chi connectivity index (χ1v) is 5.59. The number of anilines is 1. The fraction of sp³-hybridized carbons (Fsp3) is 0.250. The number of hydrogen-bond donors (Lipinski definition) is 5. The SMILES string of the molecule is CC(C)(NC(=O)Nc1ccc(O)cc1C(=O)O)C(N)=O. The molecule has 0 bridgehead atoms. The van der Waals surface area contributed by atoms with Gasteiger partial charge < -0.3 is 26.6 Å². The second kappa shape index (κ2) is 5.47. The molecule has 8 heteroatoms. The van der Waals surface area contributed by atoms with E-state index in [-0.39, 0.29) is 17.0 Å². The van der Waals surface area contributed by atoms with E-state index in [1.807, 2.05) is 0 Å². The van der Waals surface area contributed by atoms with Crippen LogP contribution in [0.25, 0.3) is 0 Å². The van der Waals surface area contributed by atoms with Crippen molar-refractivity contribution >= 4 is 23.6 Å². The fourth-order valence-electron chi connectivity index (χ4n) is 1.32. The fourth-order valence-corrected chi connectivity index (χ4v) is 1.32. The number of phenolic OH excluding ortho intramolecular Hbond substituents is 1. The zero-order chi connectivity index (χ0) is 15.5. The van der Waals surface area contributed by atoms with Crippen molar-refractivity contribution in [2.75, 3.05) is 5.32 Å². The van der Waals surface area contributed by atoms with Crippen LogP contribution in [0.1, 0.15) is 24.2 Å². The number of urea groups is 1. The Hall–Kier alpha value is -2.77. The minimum atomic E-state index is -1.31. The second-order valence-electron chi connectivity index (χ2n) is 4.60. The summed E-state index contributed by atoms with van der Waals surface area (Å²) in [7, 11) is 0. The zero-order valence-corrected chi connectivity index (χ0v) is 10.9. The first-order valence-electron chi connectivity index (χ1n) is 5.59. The summed E-state index contributed by atoms with van der Waals surface area (Å²) >= 11 is 0. The van der Waals surface area contributed by atoms with Crippen LogP contribution >= 0.6 is 0 Å². The number of benzene rings is 1. The van der Waals surface area contributed by atoms with Crippen molar-refractivity contribution in [1.29, 1.82) is 0 Å². The smallest absolute Gasteiger partial charge is 0.337 e. The average molecular weight is 281 g/mol. The van der Waals surface area contributed by atoms with Crippen LogP contribution in [0, 0.1) is 0 Å². The molecule has 0 spiro atoms. The summed E-state index contributed by atoms with van der Waals surface area (Å²) in [6, 6.07) is 2.66. The topological polar surface area (TPSA) is 142 Å². The van der Waals surface area contributed by atoms with Crippen LogP contribution in [0.2, 0.25) is 0 Å². The Morgan fingerprint density at radius 3 is 2.35 bits per heavy atom. The molecule has 0 atom stereocenters. The van der Waals surface area contributed by atoms with Crippen molar-refractivity contribution in [3.63, 3.8) is 0 Å². The van der Waals surface area contributed by atoms with E-state index in [9.17, 15) is 19.5 Å². The molecule has 8 nitrogen and oxygen atoms in total. The highest BCUT2D eigenvalue weighted by atomic mass is 16.4. The molecule has 1 aromatic carbocycles. The molecular weight excluding hydrogens is 266 g/mol. The number of carboxylic acid groups (broad SMARTS) is 1. The number of aromatic carboxylic acids is 1. The number of carbonyl (C=O) groups excluding carboxylic acids is 2. The number of nitrogens with one attached hydrogen (secondary N) is 2. The number of hydrogen-bond acceptors (Lipinski definition) is 4. The van der Waals surface area contributed by atoms with Crippen LogP contribution in [0.4, 0.5) is 10.5 Å². The molecule has 0 aromatic heterocycles. The van der Waals surface area contributed by atoms with E-state index >= 15 is 0 Å². The van der Waals surface area contributed by atoms with E-state index in [1.54, 1.807) is 0 Å². The standard InChI is InChI=1S/C12H15N3O5/c1-12(2,10(13)19)15-11(20)14-8-4-3-6(16)5-7(8)9(17)18/h3-5,16H,1-2H3,(H2,13,19)(H,17,18)(H2,14,15,20). The lowest BCUT2D eigenvalue weighted by atomic mass is 10.1. The average Bonchev–Trinajstić information content (AvgIpc) is 2.30. The molecule has 20 heavy (non-hydrogen) atoms. The number of aromatic hydroxyl groups is 1. The molecule has 108 valence electrons. The van der Waals surface area contributed by atoms with Gasteiger partial charge in [-0.1, -0.05) is 0 Å². The molecule has 0 saturated carbocycles. The Morgan fingerprint density at radius 1 is 1.25 bits per heavy atom. The van der Waals surface area contributed by atoms with Gasteiger partial charge in [0.2, 0.25) is 5.91 Å². The summed E-state index contributed by atoms with van der Waals surface area (Å²) in [6.07, 6.45) is 0. The highest BCUT2D eigenvalue weighted by Gasteiger charge is 2.27. The zero-order valence-electron chi connectivity index (χ0n) is 10.9. The van der Waals surface area contributed by atoms with Gasteiger partial charge in [0.25, 0.3) is 0 Å². The van der Waals surface area contributed by atoms with Crippen LogP contribution in [0.3, 0.4) is 0 Å². The van der Waals surface area contributed by atoms with Crippen molar-refractivity contribution in [2.24, 2.45) is 5.73 Å². The molecule has 1 rings (SSSR count). The van der Waals surface area contributed by atoms with E-state index in [2.05, 4.69) is 10.6 Å². The van der Waals surface area contributed by atoms with Crippen molar-refractivity contribution in [3.8, 4) is 5.75 Å². The Balaban J connectivity index is 2.92. The summed E-state index contributed by atoms with van der Waals surface area (Å²) in [6.45, 7) is 2.81. The third-order valence-corrected chi connectivity index (χ3v) is 2.52. The summed E-state index contributed by atoms with van der Waals surface area (Å²) < 4.78 is 0. The van der Waals surface area contributed by atoms with Crippen molar-refractivity contribution in [2.45, 2.75) is 19.4 Å². The van der Waals surface area contributed by atoms with Gasteiger partial charge in [-0.2, -0.15) is 0 Å². The molecule has 0 fully saturated rings. The molecule has 0 aliphatic carbocycles. The lowest BCUT2D eigenvalue weighted by molar-refractivity contribution is -0.122. The lowest BCUT2D eigenvalue weighted by Gasteiger charge is -2.22. The van der Waals surface area contributed by atoms with E-state index in [4.69, 9.17) is 10.8 Å². The largest absolute Gasteiger partial charge is 0.508 e. The Morgan fingerprint density at radius 2 is 1.85 bits per heavy atom. The van der Waals surface area contributed by atoms with Gasteiger partial charge in [0.05, 0.1) is 11.3 Å². The number of rotatable bonds is 4. The molecular formula is C12H15N3O5. The quantitative estimate of drug-likeness (QED) is 0.510. The van der Waals surface area contributed by atoms with Gasteiger partial charge in [-0.05, 0) is 32.0 Å². The summed E-state index contributed by atoms with van der Waals surface area (Å²) in [5, 5.41) is 22.8.